The van der Waals surface area contributed by atoms with E-state index in [1.165, 1.54) is 11.1 Å². The van der Waals surface area contributed by atoms with E-state index in [1.54, 1.807) is 10.8 Å². The van der Waals surface area contributed by atoms with E-state index in [-0.39, 0.29) is 0 Å². The van der Waals surface area contributed by atoms with Gasteiger partial charge in [-0.2, -0.15) is 5.10 Å². The van der Waals surface area contributed by atoms with Crippen molar-refractivity contribution in [3.63, 3.8) is 0 Å². The average Bonchev–Trinajstić information content (AvgIpc) is 3.27. The Morgan fingerprint density at radius 3 is 3.00 bits per heavy atom. The van der Waals surface area contributed by atoms with Gasteiger partial charge in [-0.25, -0.2) is 14.5 Å². The molecule has 25 heavy (non-hydrogen) atoms. The Bertz CT molecular complexity index is 1100. The number of hydrogen-bond acceptors (Lipinski definition) is 4. The molecule has 0 saturated heterocycles. The SMILES string of the molecule is CN1CC=C(c2cnc3[nH]cc(-c4ccn5ncnc5c4)c3c2)CC1. The van der Waals surface area contributed by atoms with Crippen molar-refractivity contribution in [3.8, 4) is 11.1 Å². The van der Waals surface area contributed by atoms with Crippen LogP contribution in [0.2, 0.25) is 0 Å². The summed E-state index contributed by atoms with van der Waals surface area (Å²) in [6.45, 7) is 2.09. The summed E-state index contributed by atoms with van der Waals surface area (Å²) in [5, 5.41) is 5.30. The number of rotatable bonds is 2. The molecule has 0 radical (unpaired) electrons. The normalized spacial score (nSPS) is 15.8. The first kappa shape index (κ1) is 14.4. The van der Waals surface area contributed by atoms with Crippen molar-refractivity contribution in [2.75, 3.05) is 20.1 Å². The Hall–Kier alpha value is -2.99. The van der Waals surface area contributed by atoms with E-state index >= 15 is 0 Å². The lowest BCUT2D eigenvalue weighted by Crippen LogP contribution is -2.23. The molecule has 0 amide bonds. The molecule has 0 bridgehead atoms. The number of pyridine rings is 2. The van der Waals surface area contributed by atoms with Gasteiger partial charge in [-0.05, 0) is 48.4 Å². The van der Waals surface area contributed by atoms with Crippen molar-refractivity contribution < 1.29 is 0 Å². The van der Waals surface area contributed by atoms with Crippen LogP contribution in [0.25, 0.3) is 33.4 Å². The van der Waals surface area contributed by atoms with E-state index < -0.39 is 0 Å². The van der Waals surface area contributed by atoms with Crippen LogP contribution in [0.3, 0.4) is 0 Å². The molecule has 1 aliphatic heterocycles. The summed E-state index contributed by atoms with van der Waals surface area (Å²) in [5.74, 6) is 0. The maximum Gasteiger partial charge on any atom is 0.155 e. The van der Waals surface area contributed by atoms with Crippen molar-refractivity contribution in [1.82, 2.24) is 29.5 Å². The lowest BCUT2D eigenvalue weighted by Gasteiger charge is -2.21. The summed E-state index contributed by atoms with van der Waals surface area (Å²) in [7, 11) is 2.15. The van der Waals surface area contributed by atoms with Gasteiger partial charge in [-0.15, -0.1) is 0 Å². The van der Waals surface area contributed by atoms with Crippen LogP contribution in [0.5, 0.6) is 0 Å². The van der Waals surface area contributed by atoms with E-state index in [0.717, 1.165) is 47.3 Å². The molecule has 0 aromatic carbocycles. The largest absolute Gasteiger partial charge is 0.346 e. The molecule has 0 aliphatic carbocycles. The molecular weight excluding hydrogens is 312 g/mol. The predicted octanol–water partition coefficient (Wildman–Crippen LogP) is 2.99. The number of H-pyrrole nitrogens is 1. The Kier molecular flexibility index (Phi) is 3.18. The van der Waals surface area contributed by atoms with E-state index in [1.807, 2.05) is 18.6 Å². The topological polar surface area (TPSA) is 62.1 Å². The molecular formula is C19H18N6. The van der Waals surface area contributed by atoms with Gasteiger partial charge in [-0.3, -0.25) is 0 Å². The molecule has 6 heteroatoms. The highest BCUT2D eigenvalue weighted by atomic mass is 15.3. The molecule has 6 nitrogen and oxygen atoms in total. The van der Waals surface area contributed by atoms with Crippen LogP contribution in [0, 0.1) is 0 Å². The summed E-state index contributed by atoms with van der Waals surface area (Å²) in [6.07, 6.45) is 10.9. The zero-order valence-corrected chi connectivity index (χ0v) is 14.0. The molecule has 0 fully saturated rings. The molecule has 5 heterocycles. The monoisotopic (exact) mass is 330 g/mol. The number of likely N-dealkylation sites (N-methyl/N-ethyl adjacent to an activating group) is 1. The highest BCUT2D eigenvalue weighted by molar-refractivity contribution is 5.95. The molecule has 1 N–H and O–H groups in total. The second-order valence-corrected chi connectivity index (χ2v) is 6.54. The minimum absolute atomic E-state index is 0.842. The first-order valence-electron chi connectivity index (χ1n) is 8.43. The lowest BCUT2D eigenvalue weighted by molar-refractivity contribution is 0.370. The van der Waals surface area contributed by atoms with Crippen LogP contribution in [0.4, 0.5) is 0 Å². The van der Waals surface area contributed by atoms with Crippen LogP contribution in [0.15, 0.2) is 49.2 Å². The third kappa shape index (κ3) is 2.42. The van der Waals surface area contributed by atoms with Crippen LogP contribution < -0.4 is 0 Å². The van der Waals surface area contributed by atoms with Crippen LogP contribution in [-0.2, 0) is 0 Å². The Labute approximate surface area is 144 Å². The highest BCUT2D eigenvalue weighted by Gasteiger charge is 2.13. The van der Waals surface area contributed by atoms with Crippen molar-refractivity contribution in [1.29, 1.82) is 0 Å². The Morgan fingerprint density at radius 2 is 2.12 bits per heavy atom. The third-order valence-corrected chi connectivity index (χ3v) is 4.91. The van der Waals surface area contributed by atoms with Crippen LogP contribution in [-0.4, -0.2) is 49.6 Å². The smallest absolute Gasteiger partial charge is 0.155 e. The van der Waals surface area contributed by atoms with Gasteiger partial charge in [0.25, 0.3) is 0 Å². The number of nitrogens with zero attached hydrogens (tertiary/aromatic N) is 5. The molecule has 4 aromatic heterocycles. The van der Waals surface area contributed by atoms with Crippen LogP contribution in [0.1, 0.15) is 12.0 Å². The van der Waals surface area contributed by atoms with Crippen LogP contribution >= 0.6 is 0 Å². The Morgan fingerprint density at radius 1 is 1.16 bits per heavy atom. The van der Waals surface area contributed by atoms with Gasteiger partial charge in [-0.1, -0.05) is 6.08 Å². The number of aromatic amines is 1. The lowest BCUT2D eigenvalue weighted by atomic mass is 9.99. The second kappa shape index (κ2) is 5.53. The Balaban J connectivity index is 1.62. The minimum atomic E-state index is 0.842. The predicted molar refractivity (Wildman–Crippen MR) is 98.2 cm³/mol. The van der Waals surface area contributed by atoms with Gasteiger partial charge in [0.1, 0.15) is 12.0 Å². The second-order valence-electron chi connectivity index (χ2n) is 6.54. The molecule has 0 atom stereocenters. The van der Waals surface area contributed by atoms with Gasteiger partial charge < -0.3 is 9.88 Å². The van der Waals surface area contributed by atoms with Crippen molar-refractivity contribution >= 4 is 22.3 Å². The highest BCUT2D eigenvalue weighted by Crippen LogP contribution is 2.31. The number of aromatic nitrogens is 5. The first-order chi connectivity index (χ1) is 12.3. The fourth-order valence-electron chi connectivity index (χ4n) is 3.43. The summed E-state index contributed by atoms with van der Waals surface area (Å²) >= 11 is 0. The summed E-state index contributed by atoms with van der Waals surface area (Å²) in [6, 6.07) is 6.36. The van der Waals surface area contributed by atoms with E-state index in [4.69, 9.17) is 0 Å². The first-order valence-corrected chi connectivity index (χ1v) is 8.43. The minimum Gasteiger partial charge on any atom is -0.346 e. The number of fused-ring (bicyclic) bond motifs is 2. The van der Waals surface area contributed by atoms with Gasteiger partial charge in [0.2, 0.25) is 0 Å². The van der Waals surface area contributed by atoms with Crippen molar-refractivity contribution in [2.24, 2.45) is 0 Å². The molecule has 4 aromatic rings. The average molecular weight is 330 g/mol. The van der Waals surface area contributed by atoms with E-state index in [2.05, 4.69) is 56.3 Å². The summed E-state index contributed by atoms with van der Waals surface area (Å²) in [4.78, 5) is 14.5. The number of nitrogens with one attached hydrogen (secondary N) is 1. The maximum atomic E-state index is 4.63. The van der Waals surface area contributed by atoms with Gasteiger partial charge in [0.05, 0.1) is 0 Å². The van der Waals surface area contributed by atoms with Gasteiger partial charge >= 0.3 is 0 Å². The quantitative estimate of drug-likeness (QED) is 0.614. The summed E-state index contributed by atoms with van der Waals surface area (Å²) in [5.41, 5.74) is 6.60. The fraction of sp³-hybridized carbons (Fsp3) is 0.211. The summed E-state index contributed by atoms with van der Waals surface area (Å²) < 4.78 is 1.77. The van der Waals surface area contributed by atoms with Crippen molar-refractivity contribution in [2.45, 2.75) is 6.42 Å². The zero-order chi connectivity index (χ0) is 16.8. The number of hydrogen-bond donors (Lipinski definition) is 1. The fourth-order valence-corrected chi connectivity index (χ4v) is 3.43. The van der Waals surface area contributed by atoms with Gasteiger partial charge in [0.15, 0.2) is 5.65 Å². The molecule has 1 aliphatic rings. The van der Waals surface area contributed by atoms with Crippen molar-refractivity contribution in [3.05, 3.63) is 54.8 Å². The molecule has 0 spiro atoms. The third-order valence-electron chi connectivity index (χ3n) is 4.91. The zero-order valence-electron chi connectivity index (χ0n) is 14.0. The standard InChI is InChI=1S/C19H18N6/c1-24-5-2-13(3-6-24)15-8-16-17(11-21-19(16)20-10-15)14-4-7-25-18(9-14)22-12-23-25/h2,4,7-12H,3,5-6H2,1H3,(H,20,21). The molecule has 124 valence electrons. The molecule has 0 saturated carbocycles. The van der Waals surface area contributed by atoms with Gasteiger partial charge in [0, 0.05) is 42.6 Å². The molecule has 0 unspecified atom stereocenters. The molecule has 5 rings (SSSR count). The van der Waals surface area contributed by atoms with E-state index in [0.29, 0.717) is 0 Å². The van der Waals surface area contributed by atoms with E-state index in [9.17, 15) is 0 Å². The maximum absolute atomic E-state index is 4.63.